The van der Waals surface area contributed by atoms with E-state index in [9.17, 15) is 4.79 Å². The second kappa shape index (κ2) is 10.4. The van der Waals surface area contributed by atoms with Crippen LogP contribution in [0.5, 0.6) is 0 Å². The molecule has 2 aliphatic rings. The van der Waals surface area contributed by atoms with Gasteiger partial charge in [0.1, 0.15) is 0 Å². The molecule has 0 bridgehead atoms. The summed E-state index contributed by atoms with van der Waals surface area (Å²) in [4.78, 5) is 13.5. The Balaban J connectivity index is 1.88. The molecule has 0 aliphatic heterocycles. The van der Waals surface area contributed by atoms with E-state index in [-0.39, 0.29) is 5.92 Å². The van der Waals surface area contributed by atoms with Crippen molar-refractivity contribution >= 4 is 17.8 Å². The van der Waals surface area contributed by atoms with Crippen LogP contribution in [0.15, 0.2) is 50.9 Å². The number of rotatable bonds is 5. The number of amides is 1. The second-order valence-corrected chi connectivity index (χ2v) is 20.2. The molecule has 0 radical (unpaired) electrons. The van der Waals surface area contributed by atoms with E-state index in [2.05, 4.69) is 68.4 Å². The van der Waals surface area contributed by atoms with Crippen molar-refractivity contribution < 1.29 is 22.2 Å². The van der Waals surface area contributed by atoms with Gasteiger partial charge in [-0.15, -0.1) is 0 Å². The molecule has 0 aromatic heterocycles. The summed E-state index contributed by atoms with van der Waals surface area (Å²) in [6.07, 6.45) is 8.55. The monoisotopic (exact) mass is 444 g/mol. The van der Waals surface area contributed by atoms with Crippen molar-refractivity contribution in [2.75, 3.05) is 0 Å². The first-order valence-electron chi connectivity index (χ1n) is 11.5. The van der Waals surface area contributed by atoms with E-state index in [1.54, 1.807) is 3.88 Å². The molecule has 1 N–H and O–H groups in total. The molecule has 2 nitrogen and oxygen atoms in total. The summed E-state index contributed by atoms with van der Waals surface area (Å²) in [6.45, 7) is 10.5. The number of hydrogen-bond donors (Lipinski definition) is 1. The molecule has 1 fully saturated rings. The van der Waals surface area contributed by atoms with E-state index in [1.807, 2.05) is 0 Å². The second-order valence-electron chi connectivity index (χ2n) is 9.15. The van der Waals surface area contributed by atoms with Gasteiger partial charge in [-0.25, -0.2) is 0 Å². The summed E-state index contributed by atoms with van der Waals surface area (Å²) >= 11 is -1.93. The van der Waals surface area contributed by atoms with Crippen molar-refractivity contribution in [1.29, 1.82) is 0 Å². The zero-order valence-corrected chi connectivity index (χ0v) is 21.7. The number of carbonyl (C=O) groups excluding carboxylic acids is 1. The number of nitrogens with one attached hydrogen (secondary N) is 1. The number of hydrogen-bond acceptors (Lipinski definition) is 1. The molecule has 2 aliphatic carbocycles. The SMILES string of the molecule is CC1=C(C)C(C)[C]([Ti]([NH]C(=O)C2CCCCCCC2)[SiH](C)c2ccccc2)=C1C. The van der Waals surface area contributed by atoms with Gasteiger partial charge >= 0.3 is 186 Å². The van der Waals surface area contributed by atoms with Crippen molar-refractivity contribution in [2.24, 2.45) is 11.8 Å². The normalized spacial score (nSPS) is 22.3. The van der Waals surface area contributed by atoms with Gasteiger partial charge in [0, 0.05) is 0 Å². The fourth-order valence-electron chi connectivity index (χ4n) is 5.07. The molecule has 0 spiro atoms. The average Bonchev–Trinajstić information content (AvgIpc) is 2.89. The Hall–Kier alpha value is -0.899. The minimum absolute atomic E-state index is 0.238. The van der Waals surface area contributed by atoms with Gasteiger partial charge in [0.05, 0.1) is 0 Å². The van der Waals surface area contributed by atoms with Gasteiger partial charge in [-0.3, -0.25) is 0 Å². The predicted molar refractivity (Wildman–Crippen MR) is 123 cm³/mol. The van der Waals surface area contributed by atoms with Gasteiger partial charge < -0.3 is 0 Å². The Morgan fingerprint density at radius 1 is 0.966 bits per heavy atom. The van der Waals surface area contributed by atoms with Crippen molar-refractivity contribution in [2.45, 2.75) is 79.2 Å². The Labute approximate surface area is 185 Å². The van der Waals surface area contributed by atoms with Crippen molar-refractivity contribution in [3.63, 3.8) is 0 Å². The fourth-order valence-corrected chi connectivity index (χ4v) is 18.0. The quantitative estimate of drug-likeness (QED) is 0.596. The molecule has 4 heteroatoms. The Bertz CT molecular complexity index is 777. The topological polar surface area (TPSA) is 29.1 Å². The van der Waals surface area contributed by atoms with Crippen LogP contribution in [0.25, 0.3) is 0 Å². The maximum atomic E-state index is 13.5. The minimum atomic E-state index is -1.93. The van der Waals surface area contributed by atoms with Crippen molar-refractivity contribution in [3.8, 4) is 0 Å². The summed E-state index contributed by atoms with van der Waals surface area (Å²) in [5, 5.41) is 1.51. The molecule has 0 heterocycles. The third-order valence-electron chi connectivity index (χ3n) is 7.40. The number of allylic oxidation sites excluding steroid dienone is 4. The van der Waals surface area contributed by atoms with Gasteiger partial charge in [0.25, 0.3) is 0 Å². The van der Waals surface area contributed by atoms with E-state index in [4.69, 9.17) is 0 Å². The van der Waals surface area contributed by atoms with E-state index >= 15 is 0 Å². The predicted octanol–water partition coefficient (Wildman–Crippen LogP) is 5.52. The molecule has 2 unspecified atom stereocenters. The summed E-state index contributed by atoms with van der Waals surface area (Å²) in [5.41, 5.74) is 4.46. The van der Waals surface area contributed by atoms with Crippen LogP contribution in [-0.4, -0.2) is 12.6 Å². The molecule has 1 aromatic carbocycles. The molecule has 0 saturated heterocycles. The zero-order valence-electron chi connectivity index (χ0n) is 19.0. The Morgan fingerprint density at radius 3 is 2.10 bits per heavy atom. The first-order valence-corrected chi connectivity index (χ1v) is 18.1. The van der Waals surface area contributed by atoms with Gasteiger partial charge in [0.15, 0.2) is 0 Å². The average molecular weight is 445 g/mol. The van der Waals surface area contributed by atoms with Gasteiger partial charge in [-0.2, -0.15) is 0 Å². The van der Waals surface area contributed by atoms with E-state index in [0.29, 0.717) is 11.8 Å². The fraction of sp³-hybridized carbons (Fsp3) is 0.560. The van der Waals surface area contributed by atoms with E-state index < -0.39 is 24.0 Å². The van der Waals surface area contributed by atoms with Gasteiger partial charge in [0.2, 0.25) is 0 Å². The van der Waals surface area contributed by atoms with E-state index in [1.165, 1.54) is 54.0 Å². The van der Waals surface area contributed by atoms with Crippen LogP contribution in [0, 0.1) is 11.8 Å². The van der Waals surface area contributed by atoms with Crippen LogP contribution in [0.3, 0.4) is 0 Å². The standard InChI is InChI=1S/C9H17NO.C9H13.C7H9Si.Ti/c10-9(11)8-6-4-2-1-3-5-7-8;1-6-5-7(2)9(4)8(6)3;1-8-7-5-3-2-4-6-7;/h8H,1-7H2,(H2,10,11);6H,1-4H3;2-6,8H,1H3;/q;;;+1/p-1. The van der Waals surface area contributed by atoms with Crippen LogP contribution in [0.4, 0.5) is 0 Å². The van der Waals surface area contributed by atoms with Crippen LogP contribution >= 0.6 is 0 Å². The van der Waals surface area contributed by atoms with Crippen molar-refractivity contribution in [1.82, 2.24) is 3.80 Å². The van der Waals surface area contributed by atoms with Crippen LogP contribution in [0.1, 0.15) is 72.6 Å². The van der Waals surface area contributed by atoms with Gasteiger partial charge in [-0.05, 0) is 0 Å². The molecule has 1 amide bonds. The van der Waals surface area contributed by atoms with E-state index in [0.717, 1.165) is 12.8 Å². The molecular weight excluding hydrogens is 406 g/mol. The summed E-state index contributed by atoms with van der Waals surface area (Å²) in [6, 6.07) is 11.0. The zero-order chi connectivity index (χ0) is 21.0. The summed E-state index contributed by atoms with van der Waals surface area (Å²) < 4.78 is 5.42. The Kier molecular flexibility index (Phi) is 8.18. The van der Waals surface area contributed by atoms with Crippen LogP contribution in [-0.2, 0) is 22.2 Å². The maximum absolute atomic E-state index is 13.5. The molecule has 1 aromatic rings. The first kappa shape index (κ1) is 22.8. The molecular formula is C25H38NOSiTi. The Morgan fingerprint density at radius 2 is 1.55 bits per heavy atom. The van der Waals surface area contributed by atoms with Crippen LogP contribution in [0.2, 0.25) is 6.55 Å². The third kappa shape index (κ3) is 5.24. The van der Waals surface area contributed by atoms with Gasteiger partial charge in [-0.1, -0.05) is 0 Å². The third-order valence-corrected chi connectivity index (χ3v) is 20.1. The first-order chi connectivity index (χ1) is 13.9. The number of carbonyl (C=O) groups is 1. The molecule has 29 heavy (non-hydrogen) atoms. The van der Waals surface area contributed by atoms with Crippen molar-refractivity contribution in [3.05, 3.63) is 50.9 Å². The molecule has 1 saturated carbocycles. The molecule has 2 atom stereocenters. The molecule has 157 valence electrons. The summed E-state index contributed by atoms with van der Waals surface area (Å²) in [5.74, 6) is 1.12. The number of benzene rings is 1. The molecule has 3 rings (SSSR count). The summed E-state index contributed by atoms with van der Waals surface area (Å²) in [7, 11) is 0. The van der Waals surface area contributed by atoms with Crippen LogP contribution < -0.4 is 8.99 Å².